The molecule has 1 aliphatic rings. The second kappa shape index (κ2) is 7.19. The van der Waals surface area contributed by atoms with E-state index >= 15 is 0 Å². The Hall–Kier alpha value is -2.47. The Morgan fingerprint density at radius 2 is 2.17 bits per heavy atom. The summed E-state index contributed by atoms with van der Waals surface area (Å²) in [7, 11) is 0. The van der Waals surface area contributed by atoms with Crippen LogP contribution in [0.3, 0.4) is 0 Å². The number of rotatable bonds is 4. The monoisotopic (exact) mass is 312 g/mol. The van der Waals surface area contributed by atoms with Gasteiger partial charge in [-0.1, -0.05) is 0 Å². The summed E-state index contributed by atoms with van der Waals surface area (Å²) in [5.41, 5.74) is 1.37. The van der Waals surface area contributed by atoms with E-state index in [-0.39, 0.29) is 11.9 Å². The van der Waals surface area contributed by atoms with Gasteiger partial charge in [0.25, 0.3) is 5.91 Å². The van der Waals surface area contributed by atoms with Crippen LogP contribution in [0.5, 0.6) is 5.75 Å². The standard InChI is InChI=1S/C17H20N4O2/c1-13-11-21(10-9-19-13)17(22)16-15(3-2-6-20-16)23-12-14-4-7-18-8-5-14/h2-8,13,19H,9-12H2,1H3/t13-/m0/s1. The van der Waals surface area contributed by atoms with E-state index in [9.17, 15) is 4.79 Å². The van der Waals surface area contributed by atoms with Crippen LogP contribution in [0.25, 0.3) is 0 Å². The molecule has 0 saturated carbocycles. The first kappa shape index (κ1) is 15.4. The molecule has 120 valence electrons. The highest BCUT2D eigenvalue weighted by molar-refractivity contribution is 5.95. The van der Waals surface area contributed by atoms with E-state index in [1.54, 1.807) is 30.7 Å². The molecule has 3 rings (SSSR count). The molecule has 0 radical (unpaired) electrons. The third-order valence-electron chi connectivity index (χ3n) is 3.77. The quantitative estimate of drug-likeness (QED) is 0.926. The van der Waals surface area contributed by atoms with Gasteiger partial charge < -0.3 is 15.0 Å². The molecule has 1 saturated heterocycles. The van der Waals surface area contributed by atoms with E-state index in [1.807, 2.05) is 17.0 Å². The lowest BCUT2D eigenvalue weighted by Gasteiger charge is -2.31. The molecule has 1 amide bonds. The predicted octanol–water partition coefficient (Wildman–Crippen LogP) is 1.49. The van der Waals surface area contributed by atoms with Gasteiger partial charge in [0.05, 0.1) is 0 Å². The van der Waals surface area contributed by atoms with Crippen molar-refractivity contribution in [2.75, 3.05) is 19.6 Å². The van der Waals surface area contributed by atoms with Crippen LogP contribution in [0.1, 0.15) is 23.0 Å². The van der Waals surface area contributed by atoms with E-state index in [1.165, 1.54) is 0 Å². The molecule has 1 atom stereocenters. The minimum Gasteiger partial charge on any atom is -0.486 e. The molecule has 0 aromatic carbocycles. The van der Waals surface area contributed by atoms with Gasteiger partial charge in [-0.3, -0.25) is 9.78 Å². The first-order valence-electron chi connectivity index (χ1n) is 7.73. The largest absolute Gasteiger partial charge is 0.486 e. The summed E-state index contributed by atoms with van der Waals surface area (Å²) in [6, 6.07) is 7.62. The van der Waals surface area contributed by atoms with Crippen molar-refractivity contribution < 1.29 is 9.53 Å². The number of hydrogen-bond donors (Lipinski definition) is 1. The second-order valence-corrected chi connectivity index (χ2v) is 5.60. The molecular weight excluding hydrogens is 292 g/mol. The lowest BCUT2D eigenvalue weighted by molar-refractivity contribution is 0.0697. The van der Waals surface area contributed by atoms with Gasteiger partial charge in [0, 0.05) is 44.3 Å². The fourth-order valence-electron chi connectivity index (χ4n) is 2.57. The lowest BCUT2D eigenvalue weighted by Crippen LogP contribution is -2.51. The van der Waals surface area contributed by atoms with Gasteiger partial charge in [0.2, 0.25) is 0 Å². The second-order valence-electron chi connectivity index (χ2n) is 5.60. The van der Waals surface area contributed by atoms with Crippen molar-refractivity contribution in [2.24, 2.45) is 0 Å². The van der Waals surface area contributed by atoms with Crippen molar-refractivity contribution >= 4 is 5.91 Å². The van der Waals surface area contributed by atoms with E-state index in [4.69, 9.17) is 4.74 Å². The molecule has 0 bridgehead atoms. The number of pyridine rings is 2. The van der Waals surface area contributed by atoms with Crippen molar-refractivity contribution in [2.45, 2.75) is 19.6 Å². The Morgan fingerprint density at radius 3 is 2.96 bits per heavy atom. The Bertz CT molecular complexity index is 663. The number of aromatic nitrogens is 2. The normalized spacial score (nSPS) is 17.8. The van der Waals surface area contributed by atoms with Crippen LogP contribution in [0, 0.1) is 0 Å². The zero-order valence-corrected chi connectivity index (χ0v) is 13.1. The van der Waals surface area contributed by atoms with Crippen molar-refractivity contribution in [3.8, 4) is 5.75 Å². The SMILES string of the molecule is C[C@H]1CN(C(=O)c2ncccc2OCc2ccncc2)CCN1. The van der Waals surface area contributed by atoms with Crippen molar-refractivity contribution in [1.29, 1.82) is 0 Å². The summed E-state index contributed by atoms with van der Waals surface area (Å²) in [6.07, 6.45) is 5.06. The molecule has 1 N–H and O–H groups in total. The number of ether oxygens (including phenoxy) is 1. The Kier molecular flexibility index (Phi) is 4.83. The highest BCUT2D eigenvalue weighted by Gasteiger charge is 2.25. The number of carbonyl (C=O) groups is 1. The third kappa shape index (κ3) is 3.84. The number of nitrogens with one attached hydrogen (secondary N) is 1. The fraction of sp³-hybridized carbons (Fsp3) is 0.353. The molecular formula is C17H20N4O2. The van der Waals surface area contributed by atoms with Crippen molar-refractivity contribution in [3.05, 3.63) is 54.1 Å². The fourth-order valence-corrected chi connectivity index (χ4v) is 2.57. The summed E-state index contributed by atoms with van der Waals surface area (Å²) in [5.74, 6) is 0.434. The first-order chi connectivity index (χ1) is 11.2. The smallest absolute Gasteiger partial charge is 0.276 e. The first-order valence-corrected chi connectivity index (χ1v) is 7.73. The van der Waals surface area contributed by atoms with Crippen LogP contribution in [-0.4, -0.2) is 46.5 Å². The molecule has 6 nitrogen and oxygen atoms in total. The summed E-state index contributed by atoms with van der Waals surface area (Å²) < 4.78 is 5.81. The van der Waals surface area contributed by atoms with Crippen LogP contribution < -0.4 is 10.1 Å². The number of nitrogens with zero attached hydrogens (tertiary/aromatic N) is 3. The zero-order chi connectivity index (χ0) is 16.1. The van der Waals surface area contributed by atoms with Crippen LogP contribution in [0.2, 0.25) is 0 Å². The molecule has 1 fully saturated rings. The van der Waals surface area contributed by atoms with Gasteiger partial charge in [-0.25, -0.2) is 4.98 Å². The predicted molar refractivity (Wildman–Crippen MR) is 86.2 cm³/mol. The van der Waals surface area contributed by atoms with Gasteiger partial charge in [-0.15, -0.1) is 0 Å². The van der Waals surface area contributed by atoms with Gasteiger partial charge in [0.15, 0.2) is 11.4 Å². The van der Waals surface area contributed by atoms with Crippen molar-refractivity contribution in [3.63, 3.8) is 0 Å². The summed E-state index contributed by atoms with van der Waals surface area (Å²) in [6.45, 7) is 4.61. The molecule has 6 heteroatoms. The van der Waals surface area contributed by atoms with Crippen LogP contribution in [-0.2, 0) is 6.61 Å². The van der Waals surface area contributed by atoms with E-state index < -0.39 is 0 Å². The average Bonchev–Trinajstić information content (AvgIpc) is 2.60. The van der Waals surface area contributed by atoms with E-state index in [0.29, 0.717) is 31.1 Å². The molecule has 0 unspecified atom stereocenters. The molecule has 1 aliphatic heterocycles. The molecule has 3 heterocycles. The van der Waals surface area contributed by atoms with Crippen molar-refractivity contribution in [1.82, 2.24) is 20.2 Å². The lowest BCUT2D eigenvalue weighted by atomic mass is 10.2. The number of hydrogen-bond acceptors (Lipinski definition) is 5. The maximum Gasteiger partial charge on any atom is 0.276 e. The maximum atomic E-state index is 12.7. The summed E-state index contributed by atoms with van der Waals surface area (Å²) in [5, 5.41) is 3.33. The van der Waals surface area contributed by atoms with Gasteiger partial charge in [-0.05, 0) is 36.8 Å². The minimum atomic E-state index is -0.0799. The molecule has 2 aromatic heterocycles. The highest BCUT2D eigenvalue weighted by Crippen LogP contribution is 2.19. The Labute approximate surface area is 135 Å². The van der Waals surface area contributed by atoms with E-state index in [2.05, 4.69) is 22.2 Å². The number of carbonyl (C=O) groups excluding carboxylic acids is 1. The molecule has 2 aromatic rings. The molecule has 0 aliphatic carbocycles. The average molecular weight is 312 g/mol. The molecule has 0 spiro atoms. The van der Waals surface area contributed by atoms with Crippen LogP contribution >= 0.6 is 0 Å². The highest BCUT2D eigenvalue weighted by atomic mass is 16.5. The number of amides is 1. The molecule has 23 heavy (non-hydrogen) atoms. The van der Waals surface area contributed by atoms with Gasteiger partial charge >= 0.3 is 0 Å². The summed E-state index contributed by atoms with van der Waals surface area (Å²) >= 11 is 0. The number of piperazine rings is 1. The van der Waals surface area contributed by atoms with Crippen LogP contribution in [0.4, 0.5) is 0 Å². The van der Waals surface area contributed by atoms with Crippen LogP contribution in [0.15, 0.2) is 42.9 Å². The Balaban J connectivity index is 1.73. The summed E-state index contributed by atoms with van der Waals surface area (Å²) in [4.78, 5) is 22.8. The Morgan fingerprint density at radius 1 is 1.35 bits per heavy atom. The third-order valence-corrected chi connectivity index (χ3v) is 3.77. The van der Waals surface area contributed by atoms with Gasteiger partial charge in [-0.2, -0.15) is 0 Å². The zero-order valence-electron chi connectivity index (χ0n) is 13.1. The van der Waals surface area contributed by atoms with E-state index in [0.717, 1.165) is 12.1 Å². The topological polar surface area (TPSA) is 67.4 Å². The van der Waals surface area contributed by atoms with Gasteiger partial charge in [0.1, 0.15) is 6.61 Å². The minimum absolute atomic E-state index is 0.0799. The maximum absolute atomic E-state index is 12.7.